The fourth-order valence-corrected chi connectivity index (χ4v) is 6.41. The molecule has 4 rings (SSSR count). The minimum absolute atomic E-state index is 0.0880. The Hall–Kier alpha value is -0.770. The molecule has 8 nitrogen and oxygen atoms in total. The molecule has 4 aliphatic rings. The summed E-state index contributed by atoms with van der Waals surface area (Å²) in [6, 6.07) is 0.616. The lowest BCUT2D eigenvalue weighted by molar-refractivity contribution is -0.119. The predicted octanol–water partition coefficient (Wildman–Crippen LogP) is 4.81. The summed E-state index contributed by atoms with van der Waals surface area (Å²) in [5.74, 6) is 1.04. The van der Waals surface area contributed by atoms with Crippen molar-refractivity contribution in [2.45, 2.75) is 117 Å². The molecule has 41 heavy (non-hydrogen) atoms. The van der Waals surface area contributed by atoms with Gasteiger partial charge in [0, 0.05) is 78.0 Å². The van der Waals surface area contributed by atoms with E-state index in [1.165, 1.54) is 77.7 Å². The number of rotatable bonds is 14. The largest absolute Gasteiger partial charge is 0.382 e. The SMILES string of the molecule is CC.CC(=O)NC1(C)CC1.CCCC(CC(COC)OCCN1CCOCC1)N1CCN(CC2CCCCC2)CC1. The molecule has 1 N–H and O–H groups in total. The summed E-state index contributed by atoms with van der Waals surface area (Å²) < 4.78 is 17.3. The number of carbonyl (C=O) groups is 1. The van der Waals surface area contributed by atoms with Crippen LogP contribution in [0.5, 0.6) is 0 Å². The van der Waals surface area contributed by atoms with Gasteiger partial charge in [-0.05, 0) is 51.4 Å². The minimum atomic E-state index is 0.0880. The van der Waals surface area contributed by atoms with Gasteiger partial charge in [-0.25, -0.2) is 0 Å². The van der Waals surface area contributed by atoms with Crippen molar-refractivity contribution in [3.63, 3.8) is 0 Å². The molecule has 2 unspecified atom stereocenters. The average Bonchev–Trinajstić information content (AvgIpc) is 3.71. The van der Waals surface area contributed by atoms with Crippen molar-refractivity contribution >= 4 is 5.91 Å². The van der Waals surface area contributed by atoms with Gasteiger partial charge in [0.15, 0.2) is 0 Å². The van der Waals surface area contributed by atoms with E-state index in [4.69, 9.17) is 14.2 Å². The molecule has 2 saturated heterocycles. The topological polar surface area (TPSA) is 66.5 Å². The molecule has 2 aliphatic heterocycles. The van der Waals surface area contributed by atoms with E-state index in [1.807, 2.05) is 13.8 Å². The van der Waals surface area contributed by atoms with E-state index >= 15 is 0 Å². The van der Waals surface area contributed by atoms with Crippen LogP contribution in [0.1, 0.15) is 98.8 Å². The van der Waals surface area contributed by atoms with Gasteiger partial charge in [-0.1, -0.05) is 46.5 Å². The summed E-state index contributed by atoms with van der Waals surface area (Å²) >= 11 is 0. The monoisotopic (exact) mass is 583 g/mol. The molecule has 2 heterocycles. The van der Waals surface area contributed by atoms with Crippen molar-refractivity contribution in [2.75, 3.05) is 85.9 Å². The van der Waals surface area contributed by atoms with E-state index in [-0.39, 0.29) is 17.6 Å². The summed E-state index contributed by atoms with van der Waals surface area (Å²) in [4.78, 5) is 18.3. The Morgan fingerprint density at radius 1 is 1.00 bits per heavy atom. The third-order valence-electron chi connectivity index (χ3n) is 9.02. The van der Waals surface area contributed by atoms with Crippen LogP contribution in [-0.2, 0) is 19.0 Å². The number of piperazine rings is 1. The van der Waals surface area contributed by atoms with Gasteiger partial charge < -0.3 is 24.4 Å². The maximum absolute atomic E-state index is 10.4. The Bertz CT molecular complexity index is 658. The summed E-state index contributed by atoms with van der Waals surface area (Å²) in [5.41, 5.74) is 0.172. The van der Waals surface area contributed by atoms with Crippen LogP contribution in [0.25, 0.3) is 0 Å². The van der Waals surface area contributed by atoms with E-state index in [2.05, 4.69) is 33.9 Å². The van der Waals surface area contributed by atoms with E-state index in [9.17, 15) is 4.79 Å². The lowest BCUT2D eigenvalue weighted by Crippen LogP contribution is -2.52. The van der Waals surface area contributed by atoms with Gasteiger partial charge >= 0.3 is 0 Å². The molecular weight excluding hydrogens is 516 g/mol. The molecule has 242 valence electrons. The second kappa shape index (κ2) is 21.0. The van der Waals surface area contributed by atoms with E-state index in [0.29, 0.717) is 12.6 Å². The zero-order valence-electron chi connectivity index (χ0n) is 27.8. The second-order valence-corrected chi connectivity index (χ2v) is 12.7. The van der Waals surface area contributed by atoms with Crippen molar-refractivity contribution < 1.29 is 19.0 Å². The number of nitrogens with one attached hydrogen (secondary N) is 1. The normalized spacial score (nSPS) is 23.4. The van der Waals surface area contributed by atoms with Crippen molar-refractivity contribution in [1.29, 1.82) is 0 Å². The van der Waals surface area contributed by atoms with Crippen LogP contribution in [0.4, 0.5) is 0 Å². The third-order valence-corrected chi connectivity index (χ3v) is 9.02. The Kier molecular flexibility index (Phi) is 18.7. The second-order valence-electron chi connectivity index (χ2n) is 12.7. The highest BCUT2D eigenvalue weighted by Gasteiger charge is 2.37. The van der Waals surface area contributed by atoms with Crippen LogP contribution in [0.3, 0.4) is 0 Å². The minimum Gasteiger partial charge on any atom is -0.382 e. The standard InChI is InChI=1S/C25H49N3O3.C6H11NO.C2H6/c1-3-7-24(20-25(22-29-2)31-19-16-26-14-17-30-18-15-26)28-12-10-27(11-13-28)21-23-8-5-4-6-9-23;1-5(8)7-6(2)3-4-6;1-2/h23-25H,3-22H2,1-2H3;3-4H2,1-2H3,(H,7,8);1-2H3. The molecule has 8 heteroatoms. The van der Waals surface area contributed by atoms with Crippen LogP contribution < -0.4 is 5.32 Å². The summed E-state index contributed by atoms with van der Waals surface area (Å²) in [7, 11) is 1.80. The fraction of sp³-hybridized carbons (Fsp3) is 0.970. The molecule has 4 fully saturated rings. The molecule has 2 saturated carbocycles. The lowest BCUT2D eigenvalue weighted by atomic mass is 9.89. The number of morpholine rings is 1. The van der Waals surface area contributed by atoms with Gasteiger partial charge in [0.2, 0.25) is 5.91 Å². The third kappa shape index (κ3) is 15.5. The number of nitrogens with zero attached hydrogens (tertiary/aromatic N) is 3. The Morgan fingerprint density at radius 2 is 1.66 bits per heavy atom. The van der Waals surface area contributed by atoms with Gasteiger partial charge in [-0.15, -0.1) is 0 Å². The number of hydrogen-bond donors (Lipinski definition) is 1. The molecule has 0 radical (unpaired) electrons. The van der Waals surface area contributed by atoms with Crippen LogP contribution in [0, 0.1) is 5.92 Å². The first-order valence-electron chi connectivity index (χ1n) is 17.1. The predicted molar refractivity (Wildman–Crippen MR) is 170 cm³/mol. The van der Waals surface area contributed by atoms with Crippen molar-refractivity contribution in [1.82, 2.24) is 20.0 Å². The molecule has 2 aliphatic carbocycles. The number of ether oxygens (including phenoxy) is 3. The highest BCUT2D eigenvalue weighted by molar-refractivity contribution is 5.74. The van der Waals surface area contributed by atoms with Crippen molar-refractivity contribution in [3.8, 4) is 0 Å². The zero-order valence-corrected chi connectivity index (χ0v) is 27.8. The number of hydrogen-bond acceptors (Lipinski definition) is 7. The maximum Gasteiger partial charge on any atom is 0.217 e. The first kappa shape index (κ1) is 36.4. The number of methoxy groups -OCH3 is 1. The average molecular weight is 583 g/mol. The first-order chi connectivity index (χ1) is 19.9. The number of carbonyl (C=O) groups excluding carboxylic acids is 1. The van der Waals surface area contributed by atoms with Crippen molar-refractivity contribution in [3.05, 3.63) is 0 Å². The highest BCUT2D eigenvalue weighted by atomic mass is 16.5. The van der Waals surface area contributed by atoms with Gasteiger partial charge in [-0.3, -0.25) is 14.6 Å². The maximum atomic E-state index is 10.4. The van der Waals surface area contributed by atoms with E-state index in [0.717, 1.165) is 64.6 Å². The molecule has 0 spiro atoms. The van der Waals surface area contributed by atoms with Crippen LogP contribution >= 0.6 is 0 Å². The smallest absolute Gasteiger partial charge is 0.217 e. The fourth-order valence-electron chi connectivity index (χ4n) is 6.41. The van der Waals surface area contributed by atoms with Crippen LogP contribution in [-0.4, -0.2) is 124 Å². The molecule has 0 bridgehead atoms. The summed E-state index contributed by atoms with van der Waals surface area (Å²) in [5, 5.41) is 2.85. The molecule has 0 aromatic carbocycles. The number of amides is 1. The van der Waals surface area contributed by atoms with Crippen LogP contribution in [0.15, 0.2) is 0 Å². The van der Waals surface area contributed by atoms with Gasteiger partial charge in [0.05, 0.1) is 32.5 Å². The lowest BCUT2D eigenvalue weighted by Gasteiger charge is -2.41. The van der Waals surface area contributed by atoms with E-state index < -0.39 is 0 Å². The zero-order chi connectivity index (χ0) is 29.9. The van der Waals surface area contributed by atoms with Crippen molar-refractivity contribution in [2.24, 2.45) is 5.92 Å². The highest BCUT2D eigenvalue weighted by Crippen LogP contribution is 2.34. The van der Waals surface area contributed by atoms with Gasteiger partial charge in [0.1, 0.15) is 0 Å². The molecular formula is C33H66N4O4. The van der Waals surface area contributed by atoms with Gasteiger partial charge in [-0.2, -0.15) is 0 Å². The van der Waals surface area contributed by atoms with E-state index in [1.54, 1.807) is 14.0 Å². The molecule has 0 aromatic heterocycles. The first-order valence-corrected chi connectivity index (χ1v) is 17.1. The molecule has 0 aromatic rings. The van der Waals surface area contributed by atoms with Crippen LogP contribution in [0.2, 0.25) is 0 Å². The molecule has 1 amide bonds. The molecule has 2 atom stereocenters. The van der Waals surface area contributed by atoms with Gasteiger partial charge in [0.25, 0.3) is 0 Å². The summed E-state index contributed by atoms with van der Waals surface area (Å²) in [6.45, 7) is 22.4. The Balaban J connectivity index is 0.000000500. The Labute approximate surface area is 253 Å². The quantitative estimate of drug-likeness (QED) is 0.315. The Morgan fingerprint density at radius 3 is 2.20 bits per heavy atom. The summed E-state index contributed by atoms with van der Waals surface area (Å²) in [6.07, 6.45) is 13.4.